The van der Waals surface area contributed by atoms with Gasteiger partial charge in [-0.3, -0.25) is 0 Å². The third-order valence-corrected chi connectivity index (χ3v) is 8.88. The maximum Gasteiger partial charge on any atom is 0.141 e. The maximum absolute atomic E-state index is 15.7. The van der Waals surface area contributed by atoms with E-state index in [9.17, 15) is 4.39 Å². The molecule has 0 heterocycles. The minimum absolute atomic E-state index is 0.0453. The van der Waals surface area contributed by atoms with Gasteiger partial charge in [-0.25, -0.2) is 13.2 Å². The van der Waals surface area contributed by atoms with Crippen LogP contribution >= 0.6 is 0 Å². The Morgan fingerprint density at radius 3 is 2.16 bits per heavy atom. The first-order chi connectivity index (χ1) is 18.5. The summed E-state index contributed by atoms with van der Waals surface area (Å²) in [5.74, 6) is -0.763. The number of hydrogen-bond acceptors (Lipinski definition) is 1. The van der Waals surface area contributed by atoms with E-state index in [1.807, 2.05) is 12.1 Å². The van der Waals surface area contributed by atoms with Crippen LogP contribution in [0.15, 0.2) is 48.5 Å². The fraction of sp³-hybridized carbons (Fsp3) is 0.441. The molecule has 198 valence electrons. The molecule has 1 unspecified atom stereocenters. The number of fused-ring (bicyclic) bond motifs is 1. The van der Waals surface area contributed by atoms with Gasteiger partial charge in [0.05, 0.1) is 5.56 Å². The number of nitrogens with zero attached hydrogens (tertiary/aromatic N) is 1. The molecule has 5 rings (SSSR count). The number of aryl methyl sites for hydroxylation is 2. The predicted molar refractivity (Wildman–Crippen MR) is 146 cm³/mol. The number of halogens is 3. The number of hydrogen-bond donors (Lipinski definition) is 0. The van der Waals surface area contributed by atoms with Gasteiger partial charge < -0.3 is 0 Å². The van der Waals surface area contributed by atoms with Gasteiger partial charge >= 0.3 is 0 Å². The molecular weight excluding hydrogens is 479 g/mol. The summed E-state index contributed by atoms with van der Waals surface area (Å²) < 4.78 is 45.1. The third-order valence-electron chi connectivity index (χ3n) is 8.88. The summed E-state index contributed by atoms with van der Waals surface area (Å²) in [6.45, 7) is 2.19. The van der Waals surface area contributed by atoms with Gasteiger partial charge in [-0.05, 0) is 128 Å². The highest BCUT2D eigenvalue weighted by atomic mass is 19.1. The van der Waals surface area contributed by atoms with E-state index < -0.39 is 11.6 Å². The molecule has 0 N–H and O–H groups in total. The Labute approximate surface area is 224 Å². The van der Waals surface area contributed by atoms with Crippen LogP contribution in [0, 0.1) is 34.7 Å². The molecule has 4 heteroatoms. The highest BCUT2D eigenvalue weighted by molar-refractivity contribution is 5.40. The van der Waals surface area contributed by atoms with Crippen molar-refractivity contribution in [2.75, 3.05) is 0 Å². The molecule has 3 aromatic carbocycles. The molecule has 0 spiro atoms. The Morgan fingerprint density at radius 1 is 0.816 bits per heavy atom. The average Bonchev–Trinajstić information content (AvgIpc) is 2.93. The molecule has 0 bridgehead atoms. The first-order valence-electron chi connectivity index (χ1n) is 14.2. The van der Waals surface area contributed by atoms with Crippen molar-refractivity contribution in [1.82, 2.24) is 0 Å². The van der Waals surface area contributed by atoms with E-state index in [2.05, 4.69) is 31.2 Å². The van der Waals surface area contributed by atoms with Crippen LogP contribution in [-0.4, -0.2) is 0 Å². The van der Waals surface area contributed by atoms with E-state index in [1.54, 1.807) is 6.07 Å². The van der Waals surface area contributed by atoms with Gasteiger partial charge in [-0.2, -0.15) is 5.26 Å². The topological polar surface area (TPSA) is 23.8 Å². The lowest BCUT2D eigenvalue weighted by Gasteiger charge is -2.32. The van der Waals surface area contributed by atoms with Crippen molar-refractivity contribution >= 4 is 0 Å². The van der Waals surface area contributed by atoms with Crippen molar-refractivity contribution in [3.05, 3.63) is 105 Å². The van der Waals surface area contributed by atoms with Crippen molar-refractivity contribution < 1.29 is 13.2 Å². The normalized spacial score (nSPS) is 21.1. The second kappa shape index (κ2) is 11.8. The molecule has 0 amide bonds. The van der Waals surface area contributed by atoms with Crippen LogP contribution in [0.3, 0.4) is 0 Å². The molecule has 3 aromatic rings. The summed E-state index contributed by atoms with van der Waals surface area (Å²) in [7, 11) is 0. The number of benzene rings is 3. The van der Waals surface area contributed by atoms with Gasteiger partial charge in [0.25, 0.3) is 0 Å². The fourth-order valence-corrected chi connectivity index (χ4v) is 6.68. The lowest BCUT2D eigenvalue weighted by atomic mass is 9.74. The van der Waals surface area contributed by atoms with E-state index in [0.29, 0.717) is 25.2 Å². The van der Waals surface area contributed by atoms with Gasteiger partial charge in [0.1, 0.15) is 23.5 Å². The molecule has 2 aliphatic rings. The Hall–Kier alpha value is -3.06. The van der Waals surface area contributed by atoms with Gasteiger partial charge in [0.15, 0.2) is 0 Å². The number of nitriles is 1. The molecule has 0 aromatic heterocycles. The Morgan fingerprint density at radius 2 is 1.50 bits per heavy atom. The summed E-state index contributed by atoms with van der Waals surface area (Å²) in [5, 5.41) is 8.97. The zero-order valence-electron chi connectivity index (χ0n) is 22.2. The molecule has 1 saturated carbocycles. The Bertz CT molecular complexity index is 1310. The second-order valence-electron chi connectivity index (χ2n) is 11.3. The summed E-state index contributed by atoms with van der Waals surface area (Å²) >= 11 is 0. The van der Waals surface area contributed by atoms with Gasteiger partial charge in [0.2, 0.25) is 0 Å². The molecule has 0 saturated heterocycles. The summed E-state index contributed by atoms with van der Waals surface area (Å²) in [6.07, 6.45) is 9.54. The molecule has 38 heavy (non-hydrogen) atoms. The van der Waals surface area contributed by atoms with Crippen LogP contribution < -0.4 is 0 Å². The third kappa shape index (κ3) is 5.68. The summed E-state index contributed by atoms with van der Waals surface area (Å²) in [5.41, 5.74) is 5.46. The lowest BCUT2D eigenvalue weighted by Crippen LogP contribution is -2.20. The smallest absolute Gasteiger partial charge is 0.141 e. The first-order valence-corrected chi connectivity index (χ1v) is 14.2. The molecule has 1 fully saturated rings. The predicted octanol–water partition coefficient (Wildman–Crippen LogP) is 9.11. The molecule has 1 atom stereocenters. The maximum atomic E-state index is 15.7. The van der Waals surface area contributed by atoms with Crippen molar-refractivity contribution in [2.45, 2.75) is 89.4 Å². The average molecular weight is 516 g/mol. The molecule has 1 nitrogen and oxygen atoms in total. The van der Waals surface area contributed by atoms with E-state index in [1.165, 1.54) is 23.3 Å². The minimum atomic E-state index is -0.498. The van der Waals surface area contributed by atoms with Crippen LogP contribution in [0.4, 0.5) is 13.2 Å². The van der Waals surface area contributed by atoms with Crippen molar-refractivity contribution in [3.8, 4) is 6.07 Å². The van der Waals surface area contributed by atoms with E-state index in [4.69, 9.17) is 5.26 Å². The highest BCUT2D eigenvalue weighted by Gasteiger charge is 2.31. The molecule has 0 radical (unpaired) electrons. The highest BCUT2D eigenvalue weighted by Crippen LogP contribution is 2.44. The van der Waals surface area contributed by atoms with Crippen LogP contribution in [0.2, 0.25) is 0 Å². The summed E-state index contributed by atoms with van der Waals surface area (Å²) in [4.78, 5) is 0. The SMILES string of the molecule is CCCc1ccc(CCC2CCc3c(cc(F)c(C4CCC(c5ccc(C#N)c(F)c5)CC4)c3F)C2)cc1. The fourth-order valence-electron chi connectivity index (χ4n) is 6.68. The standard InChI is InChI=1S/C34H36F3N/c1-2-3-22-4-6-23(7-5-22)8-9-24-10-17-30-29(18-24)20-32(36)33(34(30)37)26-13-11-25(12-14-26)27-15-16-28(21-38)31(35)19-27/h4-7,15-16,19-20,24-26H,2-3,8-14,17-18H2,1H3. The molecule has 0 aliphatic heterocycles. The van der Waals surface area contributed by atoms with Crippen molar-refractivity contribution in [1.29, 1.82) is 5.26 Å². The van der Waals surface area contributed by atoms with Crippen LogP contribution in [0.25, 0.3) is 0 Å². The largest absolute Gasteiger partial charge is 0.207 e. The Balaban J connectivity index is 1.22. The van der Waals surface area contributed by atoms with E-state index in [0.717, 1.165) is 68.1 Å². The first kappa shape index (κ1) is 26.5. The Kier molecular flexibility index (Phi) is 8.22. The van der Waals surface area contributed by atoms with Gasteiger partial charge in [-0.15, -0.1) is 0 Å². The zero-order chi connectivity index (χ0) is 26.6. The van der Waals surface area contributed by atoms with Crippen molar-refractivity contribution in [2.24, 2.45) is 5.92 Å². The minimum Gasteiger partial charge on any atom is -0.207 e. The monoisotopic (exact) mass is 515 g/mol. The van der Waals surface area contributed by atoms with Crippen LogP contribution in [-0.2, 0) is 25.7 Å². The van der Waals surface area contributed by atoms with E-state index >= 15 is 8.78 Å². The second-order valence-corrected chi connectivity index (χ2v) is 11.3. The molecular formula is C34H36F3N. The number of rotatable bonds is 7. The summed E-state index contributed by atoms with van der Waals surface area (Å²) in [6, 6.07) is 17.1. The zero-order valence-corrected chi connectivity index (χ0v) is 22.2. The van der Waals surface area contributed by atoms with Crippen molar-refractivity contribution in [3.63, 3.8) is 0 Å². The van der Waals surface area contributed by atoms with Crippen LogP contribution in [0.5, 0.6) is 0 Å². The quantitative estimate of drug-likeness (QED) is 0.308. The lowest BCUT2D eigenvalue weighted by molar-refractivity contribution is 0.369. The van der Waals surface area contributed by atoms with E-state index in [-0.39, 0.29) is 28.8 Å². The molecule has 2 aliphatic carbocycles. The van der Waals surface area contributed by atoms with Gasteiger partial charge in [-0.1, -0.05) is 43.7 Å². The van der Waals surface area contributed by atoms with Gasteiger partial charge in [0, 0.05) is 5.56 Å². The van der Waals surface area contributed by atoms with Crippen LogP contribution in [0.1, 0.15) is 103 Å².